The summed E-state index contributed by atoms with van der Waals surface area (Å²) in [6.07, 6.45) is 3.71. The average Bonchev–Trinajstić information content (AvgIpc) is 2.27. The first kappa shape index (κ1) is 7.30. The van der Waals surface area contributed by atoms with Gasteiger partial charge in [0.1, 0.15) is 0 Å². The summed E-state index contributed by atoms with van der Waals surface area (Å²) in [5.41, 5.74) is 0. The van der Waals surface area contributed by atoms with Gasteiger partial charge in [-0.15, -0.1) is 0 Å². The van der Waals surface area contributed by atoms with Crippen LogP contribution in [0.25, 0.3) is 0 Å². The Morgan fingerprint density at radius 2 is 1.75 bits per heavy atom. The van der Waals surface area contributed by atoms with Crippen molar-refractivity contribution < 1.29 is 4.74 Å². The van der Waals surface area contributed by atoms with Crippen LogP contribution in [0.15, 0.2) is 0 Å². The van der Waals surface area contributed by atoms with Crippen LogP contribution in [0.3, 0.4) is 0 Å². The fourth-order valence-corrected chi connectivity index (χ4v) is 2.48. The Hall–Kier alpha value is -0.120. The van der Waals surface area contributed by atoms with E-state index in [4.69, 9.17) is 4.74 Å². The van der Waals surface area contributed by atoms with Crippen molar-refractivity contribution in [2.24, 2.45) is 0 Å². The minimum atomic E-state index is 0.560. The first-order valence-electron chi connectivity index (χ1n) is 5.02. The van der Waals surface area contributed by atoms with E-state index in [1.807, 2.05) is 0 Å². The molecule has 3 saturated heterocycles. The maximum Gasteiger partial charge on any atom is 0.0707 e. The molecular formula is C9H16N2O. The second kappa shape index (κ2) is 2.69. The van der Waals surface area contributed by atoms with Gasteiger partial charge in [-0.2, -0.15) is 0 Å². The van der Waals surface area contributed by atoms with Gasteiger partial charge in [0.2, 0.25) is 0 Å². The smallest absolute Gasteiger partial charge is 0.0707 e. The summed E-state index contributed by atoms with van der Waals surface area (Å²) >= 11 is 0. The molecule has 3 fully saturated rings. The molecule has 3 rings (SSSR count). The summed E-state index contributed by atoms with van der Waals surface area (Å²) in [7, 11) is 0. The Balaban J connectivity index is 1.65. The highest BCUT2D eigenvalue weighted by Gasteiger charge is 2.37. The van der Waals surface area contributed by atoms with Gasteiger partial charge in [-0.25, -0.2) is 0 Å². The molecule has 0 saturated carbocycles. The maximum absolute atomic E-state index is 5.78. The summed E-state index contributed by atoms with van der Waals surface area (Å²) in [5.74, 6) is 0. The third kappa shape index (κ3) is 1.08. The zero-order chi connectivity index (χ0) is 7.97. The molecule has 0 amide bonds. The lowest BCUT2D eigenvalue weighted by Crippen LogP contribution is -2.61. The number of hydrogen-bond acceptors (Lipinski definition) is 3. The van der Waals surface area contributed by atoms with E-state index < -0.39 is 0 Å². The quantitative estimate of drug-likeness (QED) is 0.588. The Morgan fingerprint density at radius 3 is 2.25 bits per heavy atom. The lowest BCUT2D eigenvalue weighted by molar-refractivity contribution is -0.0594. The van der Waals surface area contributed by atoms with Crippen LogP contribution in [0.5, 0.6) is 0 Å². The molecule has 3 heteroatoms. The molecule has 2 atom stereocenters. The SMILES string of the molecule is C1CC2CN(C3CNC3)CC1O2. The fourth-order valence-electron chi connectivity index (χ4n) is 2.48. The molecule has 12 heavy (non-hydrogen) atoms. The van der Waals surface area contributed by atoms with Gasteiger partial charge < -0.3 is 10.1 Å². The molecule has 0 aromatic carbocycles. The van der Waals surface area contributed by atoms with Crippen molar-refractivity contribution >= 4 is 0 Å². The molecule has 68 valence electrons. The van der Waals surface area contributed by atoms with Crippen molar-refractivity contribution in [2.45, 2.75) is 31.1 Å². The predicted molar refractivity (Wildman–Crippen MR) is 46.1 cm³/mol. The Bertz CT molecular complexity index is 169. The fraction of sp³-hybridized carbons (Fsp3) is 1.00. The third-order valence-corrected chi connectivity index (χ3v) is 3.35. The molecule has 2 unspecified atom stereocenters. The molecule has 3 aliphatic rings. The highest BCUT2D eigenvalue weighted by atomic mass is 16.5. The number of nitrogens with one attached hydrogen (secondary N) is 1. The van der Waals surface area contributed by atoms with Crippen molar-refractivity contribution in [1.82, 2.24) is 10.2 Å². The molecule has 0 aliphatic carbocycles. The van der Waals surface area contributed by atoms with Gasteiger partial charge in [0, 0.05) is 32.2 Å². The monoisotopic (exact) mass is 168 g/mol. The first-order valence-corrected chi connectivity index (χ1v) is 5.02. The number of hydrogen-bond donors (Lipinski definition) is 1. The molecule has 0 aromatic heterocycles. The number of likely N-dealkylation sites (tertiary alicyclic amines) is 1. The Morgan fingerprint density at radius 1 is 1.08 bits per heavy atom. The van der Waals surface area contributed by atoms with E-state index in [-0.39, 0.29) is 0 Å². The Labute approximate surface area is 73.1 Å². The van der Waals surface area contributed by atoms with Crippen LogP contribution < -0.4 is 5.32 Å². The van der Waals surface area contributed by atoms with Gasteiger partial charge >= 0.3 is 0 Å². The summed E-state index contributed by atoms with van der Waals surface area (Å²) in [4.78, 5) is 2.61. The van der Waals surface area contributed by atoms with Gasteiger partial charge in [0.25, 0.3) is 0 Å². The number of rotatable bonds is 1. The van der Waals surface area contributed by atoms with Crippen LogP contribution in [0.2, 0.25) is 0 Å². The van der Waals surface area contributed by atoms with Crippen LogP contribution in [-0.4, -0.2) is 49.3 Å². The third-order valence-electron chi connectivity index (χ3n) is 3.35. The Kier molecular flexibility index (Phi) is 1.63. The normalized spacial score (nSPS) is 43.0. The maximum atomic E-state index is 5.78. The van der Waals surface area contributed by atoms with E-state index in [1.54, 1.807) is 0 Å². The van der Waals surface area contributed by atoms with E-state index in [0.29, 0.717) is 12.2 Å². The van der Waals surface area contributed by atoms with Crippen molar-refractivity contribution in [3.05, 3.63) is 0 Å². The second-order valence-electron chi connectivity index (χ2n) is 4.22. The summed E-state index contributed by atoms with van der Waals surface area (Å²) in [6.45, 7) is 4.75. The van der Waals surface area contributed by atoms with Crippen LogP contribution in [0.1, 0.15) is 12.8 Å². The molecule has 0 spiro atoms. The lowest BCUT2D eigenvalue weighted by atomic mass is 10.1. The molecule has 3 aliphatic heterocycles. The summed E-state index contributed by atoms with van der Waals surface area (Å²) in [6, 6.07) is 0.817. The van der Waals surface area contributed by atoms with Crippen LogP contribution >= 0.6 is 0 Å². The molecule has 1 N–H and O–H groups in total. The highest BCUT2D eigenvalue weighted by molar-refractivity contribution is 4.92. The van der Waals surface area contributed by atoms with E-state index in [1.165, 1.54) is 39.0 Å². The molecule has 2 bridgehead atoms. The average molecular weight is 168 g/mol. The van der Waals surface area contributed by atoms with Crippen LogP contribution in [0.4, 0.5) is 0 Å². The van der Waals surface area contributed by atoms with Crippen molar-refractivity contribution in [1.29, 1.82) is 0 Å². The van der Waals surface area contributed by atoms with Gasteiger partial charge in [-0.05, 0) is 12.8 Å². The minimum absolute atomic E-state index is 0.560. The number of nitrogens with zero attached hydrogens (tertiary/aromatic N) is 1. The molecule has 0 radical (unpaired) electrons. The summed E-state index contributed by atoms with van der Waals surface area (Å²) < 4.78 is 5.78. The number of morpholine rings is 1. The number of fused-ring (bicyclic) bond motifs is 2. The van der Waals surface area contributed by atoms with Gasteiger partial charge in [0.05, 0.1) is 12.2 Å². The first-order chi connectivity index (χ1) is 5.92. The van der Waals surface area contributed by atoms with Crippen LogP contribution in [0, 0.1) is 0 Å². The van der Waals surface area contributed by atoms with Gasteiger partial charge in [-0.1, -0.05) is 0 Å². The second-order valence-corrected chi connectivity index (χ2v) is 4.22. The van der Waals surface area contributed by atoms with Crippen LogP contribution in [-0.2, 0) is 4.74 Å². The highest BCUT2D eigenvalue weighted by Crippen LogP contribution is 2.27. The molecule has 0 aromatic rings. The van der Waals surface area contributed by atoms with Crippen molar-refractivity contribution in [2.75, 3.05) is 26.2 Å². The molecular weight excluding hydrogens is 152 g/mol. The lowest BCUT2D eigenvalue weighted by Gasteiger charge is -2.42. The topological polar surface area (TPSA) is 24.5 Å². The van der Waals surface area contributed by atoms with E-state index in [9.17, 15) is 0 Å². The zero-order valence-corrected chi connectivity index (χ0v) is 7.33. The summed E-state index contributed by atoms with van der Waals surface area (Å²) in [5, 5.41) is 3.33. The van der Waals surface area contributed by atoms with Crippen molar-refractivity contribution in [3.63, 3.8) is 0 Å². The molecule has 3 nitrogen and oxygen atoms in total. The minimum Gasteiger partial charge on any atom is -0.372 e. The van der Waals surface area contributed by atoms with Crippen molar-refractivity contribution in [3.8, 4) is 0 Å². The van der Waals surface area contributed by atoms with Gasteiger partial charge in [-0.3, -0.25) is 4.90 Å². The van der Waals surface area contributed by atoms with E-state index in [2.05, 4.69) is 10.2 Å². The largest absolute Gasteiger partial charge is 0.372 e. The standard InChI is InChI=1S/C9H16N2O/c1-2-9-6-11(5-8(1)12-9)7-3-10-4-7/h7-10H,1-6H2. The predicted octanol–water partition coefficient (Wildman–Crippen LogP) is -0.179. The van der Waals surface area contributed by atoms with Gasteiger partial charge in [0.15, 0.2) is 0 Å². The van der Waals surface area contributed by atoms with E-state index >= 15 is 0 Å². The molecule has 3 heterocycles. The zero-order valence-electron chi connectivity index (χ0n) is 7.33. The number of ether oxygens (including phenoxy) is 1. The van der Waals surface area contributed by atoms with E-state index in [0.717, 1.165) is 6.04 Å².